The van der Waals surface area contributed by atoms with E-state index in [1.165, 1.54) is 19.4 Å². The highest BCUT2D eigenvalue weighted by Gasteiger charge is 2.32. The van der Waals surface area contributed by atoms with E-state index in [0.29, 0.717) is 18.0 Å². The molecule has 2 unspecified atom stereocenters. The third-order valence-electron chi connectivity index (χ3n) is 4.30. The number of rotatable bonds is 7. The maximum Gasteiger partial charge on any atom is 0.0774 e. The monoisotopic (exact) mass is 256 g/mol. The van der Waals surface area contributed by atoms with Crippen molar-refractivity contribution in [2.45, 2.75) is 65.1 Å². The zero-order valence-corrected chi connectivity index (χ0v) is 13.1. The molecule has 0 aliphatic carbocycles. The van der Waals surface area contributed by atoms with Gasteiger partial charge in [0.15, 0.2) is 0 Å². The van der Waals surface area contributed by atoms with Gasteiger partial charge in [-0.25, -0.2) is 0 Å². The number of nitrogens with one attached hydrogen (secondary N) is 1. The molecule has 1 fully saturated rings. The van der Waals surface area contributed by atoms with E-state index in [1.54, 1.807) is 0 Å². The van der Waals surface area contributed by atoms with Crippen LogP contribution in [0.25, 0.3) is 0 Å². The lowest BCUT2D eigenvalue weighted by Crippen LogP contribution is -2.53. The van der Waals surface area contributed by atoms with Gasteiger partial charge in [0, 0.05) is 32.3 Å². The minimum absolute atomic E-state index is 0.0898. The molecule has 0 amide bonds. The van der Waals surface area contributed by atoms with Crippen LogP contribution < -0.4 is 5.32 Å². The first-order valence-corrected chi connectivity index (χ1v) is 7.39. The summed E-state index contributed by atoms with van der Waals surface area (Å²) in [5.74, 6) is 0.696. The van der Waals surface area contributed by atoms with Gasteiger partial charge in [-0.15, -0.1) is 0 Å². The van der Waals surface area contributed by atoms with Crippen LogP contribution in [0.2, 0.25) is 0 Å². The van der Waals surface area contributed by atoms with Crippen molar-refractivity contribution < 1.29 is 4.74 Å². The fraction of sp³-hybridized carbons (Fsp3) is 1.00. The third kappa shape index (κ3) is 4.52. The van der Waals surface area contributed by atoms with Gasteiger partial charge < -0.3 is 10.1 Å². The van der Waals surface area contributed by atoms with E-state index >= 15 is 0 Å². The van der Waals surface area contributed by atoms with Gasteiger partial charge in [0.05, 0.1) is 5.60 Å². The summed E-state index contributed by atoms with van der Waals surface area (Å²) in [7, 11) is 1.82. The van der Waals surface area contributed by atoms with Crippen LogP contribution >= 0.6 is 0 Å². The fourth-order valence-electron chi connectivity index (χ4n) is 2.67. The SMILES string of the molecule is COC(C)(C)C(C)N(CC(C)C)CC1CCCN1. The third-order valence-corrected chi connectivity index (χ3v) is 4.30. The Labute approximate surface area is 113 Å². The Kier molecular flexibility index (Phi) is 6.09. The van der Waals surface area contributed by atoms with E-state index in [-0.39, 0.29) is 5.60 Å². The summed E-state index contributed by atoms with van der Waals surface area (Å²) >= 11 is 0. The van der Waals surface area contributed by atoms with E-state index in [9.17, 15) is 0 Å². The Morgan fingerprint density at radius 2 is 2.00 bits per heavy atom. The summed E-state index contributed by atoms with van der Waals surface area (Å²) < 4.78 is 5.66. The molecule has 3 nitrogen and oxygen atoms in total. The van der Waals surface area contributed by atoms with E-state index in [1.807, 2.05) is 7.11 Å². The topological polar surface area (TPSA) is 24.5 Å². The Morgan fingerprint density at radius 1 is 1.33 bits per heavy atom. The average molecular weight is 256 g/mol. The zero-order chi connectivity index (χ0) is 13.8. The quantitative estimate of drug-likeness (QED) is 0.757. The van der Waals surface area contributed by atoms with Gasteiger partial charge in [-0.2, -0.15) is 0 Å². The van der Waals surface area contributed by atoms with Gasteiger partial charge in [-0.05, 0) is 46.1 Å². The van der Waals surface area contributed by atoms with E-state index in [2.05, 4.69) is 44.8 Å². The second kappa shape index (κ2) is 6.88. The van der Waals surface area contributed by atoms with Crippen LogP contribution in [0, 0.1) is 5.92 Å². The van der Waals surface area contributed by atoms with Crippen LogP contribution in [0.5, 0.6) is 0 Å². The highest BCUT2D eigenvalue weighted by Crippen LogP contribution is 2.21. The van der Waals surface area contributed by atoms with Crippen LogP contribution in [0.1, 0.15) is 47.5 Å². The first kappa shape index (κ1) is 15.9. The smallest absolute Gasteiger partial charge is 0.0774 e. The second-order valence-electron chi connectivity index (χ2n) is 6.62. The molecule has 18 heavy (non-hydrogen) atoms. The summed E-state index contributed by atoms with van der Waals surface area (Å²) in [6.07, 6.45) is 2.64. The molecule has 0 bridgehead atoms. The van der Waals surface area contributed by atoms with E-state index in [0.717, 1.165) is 13.1 Å². The fourth-order valence-corrected chi connectivity index (χ4v) is 2.67. The minimum Gasteiger partial charge on any atom is -0.377 e. The molecule has 0 saturated carbocycles. The van der Waals surface area contributed by atoms with Crippen LogP contribution in [0.15, 0.2) is 0 Å². The standard InChI is InChI=1S/C15H32N2O/c1-12(2)10-17(11-14-8-7-9-16-14)13(3)15(4,5)18-6/h12-14,16H,7-11H2,1-6H3. The number of nitrogens with zero attached hydrogens (tertiary/aromatic N) is 1. The van der Waals surface area contributed by atoms with Crippen LogP contribution in [-0.4, -0.2) is 49.3 Å². The lowest BCUT2D eigenvalue weighted by molar-refractivity contribution is -0.0510. The maximum atomic E-state index is 5.66. The number of ether oxygens (including phenoxy) is 1. The Morgan fingerprint density at radius 3 is 2.44 bits per heavy atom. The molecule has 1 aliphatic rings. The number of hydrogen-bond donors (Lipinski definition) is 1. The molecule has 1 rings (SSSR count). The van der Waals surface area contributed by atoms with Crippen molar-refractivity contribution >= 4 is 0 Å². The molecule has 0 spiro atoms. The highest BCUT2D eigenvalue weighted by atomic mass is 16.5. The van der Waals surface area contributed by atoms with Gasteiger partial charge >= 0.3 is 0 Å². The predicted octanol–water partition coefficient (Wildman–Crippen LogP) is 2.51. The van der Waals surface area contributed by atoms with Crippen molar-refractivity contribution in [2.75, 3.05) is 26.7 Å². The zero-order valence-electron chi connectivity index (χ0n) is 13.1. The number of methoxy groups -OCH3 is 1. The molecule has 0 radical (unpaired) electrons. The first-order chi connectivity index (χ1) is 8.36. The van der Waals surface area contributed by atoms with Crippen molar-refractivity contribution in [3.05, 3.63) is 0 Å². The molecule has 0 aromatic heterocycles. The normalized spacial score (nSPS) is 23.0. The Hall–Kier alpha value is -0.120. The summed E-state index contributed by atoms with van der Waals surface area (Å²) in [6.45, 7) is 14.7. The lowest BCUT2D eigenvalue weighted by Gasteiger charge is -2.41. The molecule has 1 N–H and O–H groups in total. The highest BCUT2D eigenvalue weighted by molar-refractivity contribution is 4.88. The number of hydrogen-bond acceptors (Lipinski definition) is 3. The Bertz CT molecular complexity index is 235. The molecule has 1 aliphatic heterocycles. The minimum atomic E-state index is -0.0898. The molecule has 0 aromatic rings. The van der Waals surface area contributed by atoms with Gasteiger partial charge in [-0.3, -0.25) is 4.90 Å². The van der Waals surface area contributed by atoms with Crippen molar-refractivity contribution in [2.24, 2.45) is 5.92 Å². The molecular formula is C15H32N2O. The summed E-state index contributed by atoms with van der Waals surface area (Å²) in [4.78, 5) is 2.59. The van der Waals surface area contributed by atoms with E-state index in [4.69, 9.17) is 4.74 Å². The molecule has 3 heteroatoms. The Balaban J connectivity index is 2.63. The predicted molar refractivity (Wildman–Crippen MR) is 78.0 cm³/mol. The second-order valence-corrected chi connectivity index (χ2v) is 6.62. The van der Waals surface area contributed by atoms with Gasteiger partial charge in [0.2, 0.25) is 0 Å². The summed E-state index contributed by atoms with van der Waals surface area (Å²) in [6, 6.07) is 1.10. The molecule has 0 aromatic carbocycles. The first-order valence-electron chi connectivity index (χ1n) is 7.39. The van der Waals surface area contributed by atoms with Crippen LogP contribution in [-0.2, 0) is 4.74 Å². The maximum absolute atomic E-state index is 5.66. The van der Waals surface area contributed by atoms with Crippen LogP contribution in [0.4, 0.5) is 0 Å². The molecular weight excluding hydrogens is 224 g/mol. The van der Waals surface area contributed by atoms with Crippen molar-refractivity contribution in [3.8, 4) is 0 Å². The summed E-state index contributed by atoms with van der Waals surface area (Å²) in [5.41, 5.74) is -0.0898. The summed E-state index contributed by atoms with van der Waals surface area (Å²) in [5, 5.41) is 3.60. The van der Waals surface area contributed by atoms with Crippen molar-refractivity contribution in [1.82, 2.24) is 10.2 Å². The van der Waals surface area contributed by atoms with Crippen molar-refractivity contribution in [3.63, 3.8) is 0 Å². The largest absolute Gasteiger partial charge is 0.377 e. The lowest BCUT2D eigenvalue weighted by atomic mass is 9.97. The van der Waals surface area contributed by atoms with Crippen molar-refractivity contribution in [1.29, 1.82) is 0 Å². The molecule has 1 heterocycles. The van der Waals surface area contributed by atoms with Crippen LogP contribution in [0.3, 0.4) is 0 Å². The molecule has 1 saturated heterocycles. The molecule has 108 valence electrons. The average Bonchev–Trinajstić information content (AvgIpc) is 2.79. The van der Waals surface area contributed by atoms with Gasteiger partial charge in [0.1, 0.15) is 0 Å². The van der Waals surface area contributed by atoms with E-state index < -0.39 is 0 Å². The molecule has 2 atom stereocenters. The van der Waals surface area contributed by atoms with Gasteiger partial charge in [0.25, 0.3) is 0 Å². The van der Waals surface area contributed by atoms with Gasteiger partial charge in [-0.1, -0.05) is 13.8 Å².